The smallest absolute Gasteiger partial charge is 0.120 e. The second kappa shape index (κ2) is 8.18. The summed E-state index contributed by atoms with van der Waals surface area (Å²) in [5.74, 6) is 1.33. The lowest BCUT2D eigenvalue weighted by Gasteiger charge is -2.43. The Bertz CT molecular complexity index is 1390. The normalized spacial score (nSPS) is 18.6. The van der Waals surface area contributed by atoms with E-state index in [4.69, 9.17) is 4.98 Å². The molecule has 3 aromatic carbocycles. The Balaban J connectivity index is 1.60. The minimum Gasteiger partial charge on any atom is -0.345 e. The highest BCUT2D eigenvalue weighted by atomic mass is 15.3. The number of nitrogens with zero attached hydrogens (tertiary/aromatic N) is 3. The molecule has 1 aliphatic heterocycles. The maximum absolute atomic E-state index is 5.32. The van der Waals surface area contributed by atoms with Crippen LogP contribution in [0.3, 0.4) is 0 Å². The van der Waals surface area contributed by atoms with E-state index in [2.05, 4.69) is 127 Å². The minimum absolute atomic E-state index is 0.193. The van der Waals surface area contributed by atoms with Gasteiger partial charge in [0.05, 0.1) is 30.0 Å². The van der Waals surface area contributed by atoms with Gasteiger partial charge in [0.1, 0.15) is 5.82 Å². The third-order valence-corrected chi connectivity index (χ3v) is 7.07. The van der Waals surface area contributed by atoms with Gasteiger partial charge in [-0.25, -0.2) is 4.98 Å². The molecule has 0 saturated heterocycles. The molecule has 0 spiro atoms. The average molecular weight is 444 g/mol. The highest BCUT2D eigenvalue weighted by Gasteiger charge is 2.38. The summed E-state index contributed by atoms with van der Waals surface area (Å²) in [5, 5.41) is 0. The lowest BCUT2D eigenvalue weighted by atomic mass is 9.89. The lowest BCUT2D eigenvalue weighted by Crippen LogP contribution is -2.46. The molecule has 0 bridgehead atoms. The molecule has 1 aliphatic carbocycles. The van der Waals surface area contributed by atoms with Crippen LogP contribution in [-0.4, -0.2) is 15.6 Å². The number of aromatic nitrogens is 2. The summed E-state index contributed by atoms with van der Waals surface area (Å²) in [6.07, 6.45) is 9.01. The second-order valence-electron chi connectivity index (χ2n) is 9.47. The molecule has 3 nitrogen and oxygen atoms in total. The Labute approximate surface area is 201 Å². The van der Waals surface area contributed by atoms with Crippen molar-refractivity contribution < 1.29 is 0 Å². The van der Waals surface area contributed by atoms with Crippen molar-refractivity contribution in [1.82, 2.24) is 9.55 Å². The highest BCUT2D eigenvalue weighted by molar-refractivity contribution is 5.80. The third-order valence-electron chi connectivity index (χ3n) is 7.07. The molecule has 1 aromatic heterocycles. The molecular formula is C31H29N3. The van der Waals surface area contributed by atoms with Crippen molar-refractivity contribution in [3.05, 3.63) is 120 Å². The molecule has 0 N–H and O–H groups in total. The molecule has 2 atom stereocenters. The van der Waals surface area contributed by atoms with Crippen LogP contribution in [0.1, 0.15) is 28.4 Å². The molecule has 2 heterocycles. The number of fused-ring (bicyclic) bond motifs is 3. The number of hydrogen-bond acceptors (Lipinski definition) is 2. The molecule has 2 aliphatic rings. The number of rotatable bonds is 3. The number of allylic oxidation sites excluding steroid dienone is 2. The van der Waals surface area contributed by atoms with Gasteiger partial charge >= 0.3 is 0 Å². The molecule has 0 saturated carbocycles. The average Bonchev–Trinajstić information content (AvgIpc) is 3.24. The first-order valence-electron chi connectivity index (χ1n) is 12.0. The molecule has 2 unspecified atom stereocenters. The summed E-state index contributed by atoms with van der Waals surface area (Å²) >= 11 is 0. The van der Waals surface area contributed by atoms with E-state index in [-0.39, 0.29) is 12.0 Å². The van der Waals surface area contributed by atoms with Crippen LogP contribution < -0.4 is 4.90 Å². The van der Waals surface area contributed by atoms with Crippen molar-refractivity contribution in [2.24, 2.45) is 0 Å². The molecule has 3 heteroatoms. The van der Waals surface area contributed by atoms with E-state index in [9.17, 15) is 0 Å². The third kappa shape index (κ3) is 3.31. The predicted molar refractivity (Wildman–Crippen MR) is 141 cm³/mol. The molecule has 168 valence electrons. The van der Waals surface area contributed by atoms with Gasteiger partial charge in [-0.15, -0.1) is 0 Å². The molecule has 0 radical (unpaired) electrons. The van der Waals surface area contributed by atoms with Crippen LogP contribution in [-0.2, 0) is 6.67 Å². The van der Waals surface area contributed by atoms with Gasteiger partial charge in [0.2, 0.25) is 0 Å². The minimum atomic E-state index is 0.193. The van der Waals surface area contributed by atoms with Crippen LogP contribution in [0.5, 0.6) is 0 Å². The second-order valence-corrected chi connectivity index (χ2v) is 9.47. The predicted octanol–water partition coefficient (Wildman–Crippen LogP) is 7.20. The van der Waals surface area contributed by atoms with Gasteiger partial charge in [-0.3, -0.25) is 0 Å². The monoisotopic (exact) mass is 443 g/mol. The van der Waals surface area contributed by atoms with Crippen LogP contribution in [0.15, 0.2) is 97.1 Å². The van der Waals surface area contributed by atoms with Gasteiger partial charge in [0.15, 0.2) is 0 Å². The van der Waals surface area contributed by atoms with Gasteiger partial charge in [-0.2, -0.15) is 0 Å². The van der Waals surface area contributed by atoms with Crippen molar-refractivity contribution in [3.63, 3.8) is 0 Å². The first kappa shape index (κ1) is 20.7. The molecule has 6 rings (SSSR count). The van der Waals surface area contributed by atoms with E-state index in [1.807, 2.05) is 0 Å². The molecule has 0 amide bonds. The maximum atomic E-state index is 5.32. The summed E-state index contributed by atoms with van der Waals surface area (Å²) < 4.78 is 2.45. The summed E-state index contributed by atoms with van der Waals surface area (Å²) in [6.45, 7) is 7.43. The number of aryl methyl sites for hydroxylation is 3. The lowest BCUT2D eigenvalue weighted by molar-refractivity contribution is 0.465. The van der Waals surface area contributed by atoms with Gasteiger partial charge < -0.3 is 9.47 Å². The molecule has 4 aromatic rings. The SMILES string of the molecule is Cc1cc(C)c(N2Cn3c(nc(-c4ccccc4)c3-c3ccccc3)C3C=CC=CC32)c(C)c1. The van der Waals surface area contributed by atoms with Crippen LogP contribution in [0.2, 0.25) is 0 Å². The van der Waals surface area contributed by atoms with E-state index in [1.54, 1.807) is 0 Å². The van der Waals surface area contributed by atoms with E-state index in [1.165, 1.54) is 33.6 Å². The topological polar surface area (TPSA) is 21.1 Å². The number of hydrogen-bond donors (Lipinski definition) is 0. The van der Waals surface area contributed by atoms with E-state index in [0.717, 1.165) is 23.8 Å². The quantitative estimate of drug-likeness (QED) is 0.334. The fourth-order valence-corrected chi connectivity index (χ4v) is 5.78. The molecular weight excluding hydrogens is 414 g/mol. The summed E-state index contributed by atoms with van der Waals surface area (Å²) in [5.41, 5.74) is 9.90. The Morgan fingerprint density at radius 2 is 1.38 bits per heavy atom. The summed E-state index contributed by atoms with van der Waals surface area (Å²) in [4.78, 5) is 7.89. The first-order valence-corrected chi connectivity index (χ1v) is 12.0. The fraction of sp³-hybridized carbons (Fsp3) is 0.194. The van der Waals surface area contributed by atoms with Crippen LogP contribution in [0, 0.1) is 20.8 Å². The Morgan fingerprint density at radius 1 is 0.765 bits per heavy atom. The van der Waals surface area contributed by atoms with Gasteiger partial charge in [0, 0.05) is 16.8 Å². The van der Waals surface area contributed by atoms with Crippen LogP contribution in [0.4, 0.5) is 5.69 Å². The summed E-state index contributed by atoms with van der Waals surface area (Å²) in [7, 11) is 0. The van der Waals surface area contributed by atoms with Crippen molar-refractivity contribution in [2.45, 2.75) is 39.4 Å². The fourth-order valence-electron chi connectivity index (χ4n) is 5.78. The van der Waals surface area contributed by atoms with Crippen molar-refractivity contribution in [2.75, 3.05) is 4.90 Å². The zero-order chi connectivity index (χ0) is 23.2. The van der Waals surface area contributed by atoms with Crippen molar-refractivity contribution in [3.8, 4) is 22.5 Å². The molecule has 0 fully saturated rings. The number of anilines is 1. The standard InChI is InChI=1S/C31H29N3/c1-21-18-22(2)29(23(3)19-21)33-20-34-30(25-14-8-5-9-15-25)28(24-12-6-4-7-13-24)32-31(34)26-16-10-11-17-27(26)33/h4-19,26-27H,20H2,1-3H3. The largest absolute Gasteiger partial charge is 0.345 e. The van der Waals surface area contributed by atoms with E-state index < -0.39 is 0 Å². The van der Waals surface area contributed by atoms with Crippen LogP contribution in [0.25, 0.3) is 22.5 Å². The Hall–Kier alpha value is -3.85. The number of imidazole rings is 1. The first-order chi connectivity index (χ1) is 16.6. The van der Waals surface area contributed by atoms with E-state index >= 15 is 0 Å². The summed E-state index contributed by atoms with van der Waals surface area (Å²) in [6, 6.07) is 26.2. The van der Waals surface area contributed by atoms with E-state index in [0.29, 0.717) is 0 Å². The van der Waals surface area contributed by atoms with Gasteiger partial charge in [0.25, 0.3) is 0 Å². The van der Waals surface area contributed by atoms with Gasteiger partial charge in [-0.1, -0.05) is 103 Å². The highest BCUT2D eigenvalue weighted by Crippen LogP contribution is 2.43. The van der Waals surface area contributed by atoms with Crippen LogP contribution >= 0.6 is 0 Å². The Morgan fingerprint density at radius 3 is 2.06 bits per heavy atom. The maximum Gasteiger partial charge on any atom is 0.120 e. The molecule has 34 heavy (non-hydrogen) atoms. The van der Waals surface area contributed by atoms with Gasteiger partial charge in [-0.05, 0) is 31.9 Å². The number of benzene rings is 3. The zero-order valence-corrected chi connectivity index (χ0v) is 19.9. The Kier molecular flexibility index (Phi) is 4.99. The zero-order valence-electron chi connectivity index (χ0n) is 19.9. The van der Waals surface area contributed by atoms with Crippen molar-refractivity contribution in [1.29, 1.82) is 0 Å². The van der Waals surface area contributed by atoms with Crippen molar-refractivity contribution >= 4 is 5.69 Å².